The number of halogens is 1. The Morgan fingerprint density at radius 1 is 0.760 bits per heavy atom. The van der Waals surface area contributed by atoms with E-state index in [0.29, 0.717) is 23.0 Å². The Morgan fingerprint density at radius 3 is 2.04 bits per heavy atom. The highest BCUT2D eigenvalue weighted by atomic mass is 35.5. The summed E-state index contributed by atoms with van der Waals surface area (Å²) in [4.78, 5) is 13.1. The van der Waals surface area contributed by atoms with Crippen LogP contribution in [0.5, 0.6) is 5.75 Å². The zero-order valence-corrected chi connectivity index (χ0v) is 29.4. The lowest BCUT2D eigenvalue weighted by Gasteiger charge is -2.21. The third-order valence-electron chi connectivity index (χ3n) is 7.56. The van der Waals surface area contributed by atoms with Crippen molar-refractivity contribution < 1.29 is 30.8 Å². The number of hydrogen-bond acceptors (Lipinski definition) is 8. The van der Waals surface area contributed by atoms with Gasteiger partial charge >= 0.3 is 0 Å². The van der Waals surface area contributed by atoms with Crippen LogP contribution in [0.3, 0.4) is 0 Å². The van der Waals surface area contributed by atoms with Crippen molar-refractivity contribution in [3.8, 4) is 5.75 Å². The Kier molecular flexibility index (Phi) is 12.2. The quantitative estimate of drug-likeness (QED) is 0.101. The van der Waals surface area contributed by atoms with Crippen LogP contribution in [0.2, 0.25) is 5.02 Å². The van der Waals surface area contributed by atoms with Gasteiger partial charge in [-0.1, -0.05) is 72.3 Å². The SMILES string of the molecule is COc1ccc(S(=O)(=O)N(CCc2ccccc2)CC(=O)N/N=C\c2ccc(CN(Cc3ccc(Cl)cc3)S(=O)(=O)c3ccccc3)o2)cc1. The standard InChI is InChI=1S/C36H35ClN4O7S2/c1-47-31-18-20-35(21-19-31)49(43,44)40(23-22-28-8-4-2-5-9-28)27-36(42)39-38-24-32-16-17-33(48-32)26-41(25-29-12-14-30(37)15-13-29)50(45,46)34-10-6-3-7-11-34/h2-21,24H,22-23,25-27H2,1H3,(H,39,42)/b38-24-. The fraction of sp³-hybridized carbons (Fsp3) is 0.167. The lowest BCUT2D eigenvalue weighted by molar-refractivity contribution is -0.121. The van der Waals surface area contributed by atoms with Crippen molar-refractivity contribution in [3.63, 3.8) is 0 Å². The molecule has 0 saturated heterocycles. The third-order valence-corrected chi connectivity index (χ3v) is 11.5. The van der Waals surface area contributed by atoms with E-state index in [4.69, 9.17) is 20.8 Å². The normalized spacial score (nSPS) is 12.1. The first kappa shape index (κ1) is 36.5. The van der Waals surface area contributed by atoms with Gasteiger partial charge < -0.3 is 9.15 Å². The number of carbonyl (C=O) groups is 1. The van der Waals surface area contributed by atoms with Crippen molar-refractivity contribution in [1.29, 1.82) is 0 Å². The predicted octanol–water partition coefficient (Wildman–Crippen LogP) is 5.72. The maximum absolute atomic E-state index is 13.6. The van der Waals surface area contributed by atoms with Gasteiger partial charge in [0.1, 0.15) is 17.3 Å². The highest BCUT2D eigenvalue weighted by Crippen LogP contribution is 2.23. The highest BCUT2D eigenvalue weighted by molar-refractivity contribution is 7.89. The summed E-state index contributed by atoms with van der Waals surface area (Å²) in [6.45, 7) is -0.456. The van der Waals surface area contributed by atoms with Gasteiger partial charge in [-0.25, -0.2) is 22.3 Å². The molecule has 1 amide bonds. The molecule has 0 bridgehead atoms. The van der Waals surface area contributed by atoms with Crippen LogP contribution < -0.4 is 10.2 Å². The number of amides is 1. The fourth-order valence-electron chi connectivity index (χ4n) is 4.93. The van der Waals surface area contributed by atoms with Gasteiger partial charge in [0.2, 0.25) is 20.0 Å². The number of furan rings is 1. The van der Waals surface area contributed by atoms with E-state index in [-0.39, 0.29) is 35.2 Å². The molecule has 5 rings (SSSR count). The van der Waals surface area contributed by atoms with E-state index in [1.165, 1.54) is 54.0 Å². The topological polar surface area (TPSA) is 139 Å². The molecular weight excluding hydrogens is 700 g/mol. The van der Waals surface area contributed by atoms with E-state index in [9.17, 15) is 21.6 Å². The maximum atomic E-state index is 13.6. The first-order chi connectivity index (χ1) is 24.0. The van der Waals surface area contributed by atoms with Gasteiger partial charge in [-0.15, -0.1) is 0 Å². The van der Waals surface area contributed by atoms with E-state index >= 15 is 0 Å². The van der Waals surface area contributed by atoms with Crippen molar-refractivity contribution in [1.82, 2.24) is 14.0 Å². The van der Waals surface area contributed by atoms with Crippen LogP contribution in [0.25, 0.3) is 0 Å². The Hall–Kier alpha value is -4.79. The first-order valence-electron chi connectivity index (χ1n) is 15.4. The van der Waals surface area contributed by atoms with E-state index in [2.05, 4.69) is 10.5 Å². The van der Waals surface area contributed by atoms with Crippen LogP contribution in [-0.4, -0.2) is 57.8 Å². The minimum atomic E-state index is -4.05. The molecule has 11 nitrogen and oxygen atoms in total. The van der Waals surface area contributed by atoms with Crippen molar-refractivity contribution in [2.24, 2.45) is 5.10 Å². The van der Waals surface area contributed by atoms with Crippen molar-refractivity contribution in [2.75, 3.05) is 20.2 Å². The van der Waals surface area contributed by atoms with Crippen LogP contribution in [0, 0.1) is 0 Å². The number of benzene rings is 4. The molecule has 260 valence electrons. The minimum Gasteiger partial charge on any atom is -0.497 e. The second-order valence-corrected chi connectivity index (χ2v) is 15.4. The number of methoxy groups -OCH3 is 1. The maximum Gasteiger partial charge on any atom is 0.255 e. The van der Waals surface area contributed by atoms with E-state index in [1.807, 2.05) is 30.3 Å². The molecule has 0 aliphatic heterocycles. The number of rotatable bonds is 16. The largest absolute Gasteiger partial charge is 0.497 e. The smallest absolute Gasteiger partial charge is 0.255 e. The van der Waals surface area contributed by atoms with Crippen molar-refractivity contribution in [3.05, 3.63) is 149 Å². The Labute approximate surface area is 296 Å². The molecule has 0 fully saturated rings. The molecular formula is C36H35ClN4O7S2. The van der Waals surface area contributed by atoms with Crippen LogP contribution in [0.1, 0.15) is 22.6 Å². The van der Waals surface area contributed by atoms with Gasteiger partial charge in [0.05, 0.1) is 36.2 Å². The Bertz CT molecular complexity index is 2110. The number of nitrogens with zero attached hydrogens (tertiary/aromatic N) is 3. The number of ether oxygens (including phenoxy) is 1. The summed E-state index contributed by atoms with van der Waals surface area (Å²) in [6.07, 6.45) is 1.64. The molecule has 14 heteroatoms. The van der Waals surface area contributed by atoms with Gasteiger partial charge in [0.15, 0.2) is 0 Å². The zero-order chi connectivity index (χ0) is 35.6. The predicted molar refractivity (Wildman–Crippen MR) is 191 cm³/mol. The number of hydrogen-bond donors (Lipinski definition) is 1. The number of sulfonamides is 2. The Morgan fingerprint density at radius 2 is 1.38 bits per heavy atom. The monoisotopic (exact) mass is 734 g/mol. The molecule has 0 aliphatic rings. The summed E-state index contributed by atoms with van der Waals surface area (Å²) < 4.78 is 67.7. The van der Waals surface area contributed by atoms with Crippen molar-refractivity contribution in [2.45, 2.75) is 29.3 Å². The van der Waals surface area contributed by atoms with E-state index < -0.39 is 32.5 Å². The molecule has 0 aliphatic carbocycles. The van der Waals surface area contributed by atoms with Gasteiger partial charge in [-0.3, -0.25) is 4.79 Å². The van der Waals surface area contributed by atoms with Gasteiger partial charge in [-0.2, -0.15) is 13.7 Å². The highest BCUT2D eigenvalue weighted by Gasteiger charge is 2.28. The van der Waals surface area contributed by atoms with Gasteiger partial charge in [0, 0.05) is 18.1 Å². The lowest BCUT2D eigenvalue weighted by atomic mass is 10.1. The molecule has 1 aromatic heterocycles. The molecule has 1 heterocycles. The number of nitrogens with one attached hydrogen (secondary N) is 1. The van der Waals surface area contributed by atoms with Crippen LogP contribution in [0.4, 0.5) is 0 Å². The molecule has 5 aromatic rings. The summed E-state index contributed by atoms with van der Waals surface area (Å²) in [5, 5.41) is 4.49. The van der Waals surface area contributed by atoms with Crippen LogP contribution in [-0.2, 0) is 44.4 Å². The molecule has 50 heavy (non-hydrogen) atoms. The second kappa shape index (κ2) is 16.7. The zero-order valence-electron chi connectivity index (χ0n) is 27.1. The van der Waals surface area contributed by atoms with Gasteiger partial charge in [0.25, 0.3) is 5.91 Å². The van der Waals surface area contributed by atoms with Crippen LogP contribution >= 0.6 is 11.6 Å². The second-order valence-electron chi connectivity index (χ2n) is 11.1. The Balaban J connectivity index is 1.27. The molecule has 1 N–H and O–H groups in total. The molecule has 4 aromatic carbocycles. The van der Waals surface area contributed by atoms with Crippen molar-refractivity contribution >= 4 is 43.8 Å². The van der Waals surface area contributed by atoms with E-state index in [1.54, 1.807) is 54.6 Å². The van der Waals surface area contributed by atoms with E-state index in [0.717, 1.165) is 15.4 Å². The average Bonchev–Trinajstić information content (AvgIpc) is 3.58. The third kappa shape index (κ3) is 9.67. The van der Waals surface area contributed by atoms with Gasteiger partial charge in [-0.05, 0) is 78.2 Å². The summed E-state index contributed by atoms with van der Waals surface area (Å²) in [7, 11) is -6.47. The molecule has 0 saturated carbocycles. The summed E-state index contributed by atoms with van der Waals surface area (Å²) >= 11 is 6.03. The fourth-order valence-corrected chi connectivity index (χ4v) is 7.86. The summed E-state index contributed by atoms with van der Waals surface area (Å²) in [6, 6.07) is 33.5. The summed E-state index contributed by atoms with van der Waals surface area (Å²) in [5.74, 6) is 0.417. The molecule has 0 radical (unpaired) electrons. The minimum absolute atomic E-state index is 0.0187. The molecule has 0 unspecified atom stereocenters. The molecule has 0 atom stereocenters. The number of hydrazone groups is 1. The number of carbonyl (C=O) groups excluding carboxylic acids is 1. The summed E-state index contributed by atoms with van der Waals surface area (Å²) in [5.41, 5.74) is 4.01. The molecule has 0 spiro atoms. The van der Waals surface area contributed by atoms with Crippen LogP contribution in [0.15, 0.2) is 141 Å². The average molecular weight is 735 g/mol. The lowest BCUT2D eigenvalue weighted by Crippen LogP contribution is -2.40. The first-order valence-corrected chi connectivity index (χ1v) is 18.7.